The first-order chi connectivity index (χ1) is 15.3. The number of oxazole rings is 1. The summed E-state index contributed by atoms with van der Waals surface area (Å²) in [7, 11) is 0. The first-order valence-electron chi connectivity index (χ1n) is 10.3. The van der Waals surface area contributed by atoms with E-state index in [1.54, 1.807) is 29.2 Å². The molecule has 3 aromatic heterocycles. The zero-order valence-corrected chi connectivity index (χ0v) is 18.9. The van der Waals surface area contributed by atoms with Gasteiger partial charge in [0.2, 0.25) is 5.91 Å². The molecule has 0 saturated heterocycles. The van der Waals surface area contributed by atoms with E-state index >= 15 is 0 Å². The van der Waals surface area contributed by atoms with Crippen molar-refractivity contribution in [3.63, 3.8) is 0 Å². The molecule has 32 heavy (non-hydrogen) atoms. The maximum Gasteiger partial charge on any atom is 0.226 e. The number of nitrogens with zero attached hydrogens (tertiary/aromatic N) is 4. The molecule has 3 heterocycles. The molecule has 0 saturated carbocycles. The fourth-order valence-corrected chi connectivity index (χ4v) is 3.22. The first-order valence-corrected chi connectivity index (χ1v) is 10.7. The Bertz CT molecular complexity index is 1210. The van der Waals surface area contributed by atoms with Crippen molar-refractivity contribution in [2.24, 2.45) is 0 Å². The fraction of sp³-hybridized carbons (Fsp3) is 0.250. The van der Waals surface area contributed by atoms with Crippen LogP contribution in [0.4, 0.5) is 5.82 Å². The highest BCUT2D eigenvalue weighted by Gasteiger charge is 2.22. The Hall–Kier alpha value is -3.45. The predicted octanol–water partition coefficient (Wildman–Crippen LogP) is 5.44. The number of hydrogen-bond donors (Lipinski definition) is 1. The van der Waals surface area contributed by atoms with Crippen LogP contribution in [0.1, 0.15) is 38.8 Å². The summed E-state index contributed by atoms with van der Waals surface area (Å²) in [5.74, 6) is 2.19. The van der Waals surface area contributed by atoms with Gasteiger partial charge in [-0.3, -0.25) is 4.79 Å². The number of pyridine rings is 1. The molecule has 0 spiro atoms. The highest BCUT2D eigenvalue weighted by molar-refractivity contribution is 6.30. The second-order valence-corrected chi connectivity index (χ2v) is 8.87. The summed E-state index contributed by atoms with van der Waals surface area (Å²) in [5, 5.41) is 8.28. The number of halogens is 1. The molecule has 7 nitrogen and oxygen atoms in total. The number of carbonyl (C=O) groups is 1. The van der Waals surface area contributed by atoms with E-state index in [1.165, 1.54) is 0 Å². The first kappa shape index (κ1) is 21.8. The minimum absolute atomic E-state index is 0.159. The summed E-state index contributed by atoms with van der Waals surface area (Å²) in [4.78, 5) is 21.3. The van der Waals surface area contributed by atoms with Gasteiger partial charge < -0.3 is 9.73 Å². The van der Waals surface area contributed by atoms with Gasteiger partial charge in [-0.15, -0.1) is 0 Å². The van der Waals surface area contributed by atoms with Crippen LogP contribution in [-0.4, -0.2) is 25.7 Å². The van der Waals surface area contributed by atoms with Crippen molar-refractivity contribution in [1.82, 2.24) is 19.7 Å². The Morgan fingerprint density at radius 1 is 1.12 bits per heavy atom. The van der Waals surface area contributed by atoms with Crippen molar-refractivity contribution < 1.29 is 9.21 Å². The fourth-order valence-electron chi connectivity index (χ4n) is 3.09. The molecular weight excluding hydrogens is 426 g/mol. The van der Waals surface area contributed by atoms with Crippen LogP contribution in [0.15, 0.2) is 65.3 Å². The summed E-state index contributed by atoms with van der Waals surface area (Å²) in [6.45, 7) is 6.22. The lowest BCUT2D eigenvalue weighted by atomic mass is 9.92. The van der Waals surface area contributed by atoms with Crippen LogP contribution in [0, 0.1) is 0 Å². The Kier molecular flexibility index (Phi) is 6.10. The molecule has 1 amide bonds. The SMILES string of the molecule is CC(C)(C)c1cc(NC(=O)CCc2ncc(-c3ccc(Cl)cc3)o2)n(-c2ccccn2)n1. The van der Waals surface area contributed by atoms with Crippen LogP contribution >= 0.6 is 11.6 Å². The second-order valence-electron chi connectivity index (χ2n) is 8.44. The minimum Gasteiger partial charge on any atom is -0.441 e. The molecular formula is C24H24ClN5O2. The number of amides is 1. The van der Waals surface area contributed by atoms with E-state index in [0.717, 1.165) is 11.3 Å². The van der Waals surface area contributed by atoms with E-state index < -0.39 is 0 Å². The van der Waals surface area contributed by atoms with E-state index in [-0.39, 0.29) is 17.7 Å². The Morgan fingerprint density at radius 2 is 1.91 bits per heavy atom. The number of carbonyl (C=O) groups excluding carboxylic acids is 1. The van der Waals surface area contributed by atoms with Crippen molar-refractivity contribution in [3.8, 4) is 17.1 Å². The van der Waals surface area contributed by atoms with E-state index in [1.807, 2.05) is 36.4 Å². The van der Waals surface area contributed by atoms with Crippen molar-refractivity contribution in [2.45, 2.75) is 39.0 Å². The van der Waals surface area contributed by atoms with Gasteiger partial charge in [-0.25, -0.2) is 9.97 Å². The molecule has 4 aromatic rings. The number of benzene rings is 1. The largest absolute Gasteiger partial charge is 0.441 e. The zero-order chi connectivity index (χ0) is 22.7. The molecule has 4 rings (SSSR count). The topological polar surface area (TPSA) is 85.8 Å². The van der Waals surface area contributed by atoms with Crippen LogP contribution in [0.3, 0.4) is 0 Å². The van der Waals surface area contributed by atoms with Crippen molar-refractivity contribution in [1.29, 1.82) is 0 Å². The summed E-state index contributed by atoms with van der Waals surface area (Å²) in [6, 6.07) is 14.8. The lowest BCUT2D eigenvalue weighted by Gasteiger charge is -2.13. The monoisotopic (exact) mass is 449 g/mol. The van der Waals surface area contributed by atoms with Gasteiger partial charge in [0, 0.05) is 41.1 Å². The predicted molar refractivity (Wildman–Crippen MR) is 124 cm³/mol. The van der Waals surface area contributed by atoms with Gasteiger partial charge in [-0.2, -0.15) is 9.78 Å². The molecule has 1 aromatic carbocycles. The number of aryl methyl sites for hydroxylation is 1. The number of nitrogens with one attached hydrogen (secondary N) is 1. The Morgan fingerprint density at radius 3 is 2.59 bits per heavy atom. The van der Waals surface area contributed by atoms with Gasteiger partial charge in [0.05, 0.1) is 11.9 Å². The van der Waals surface area contributed by atoms with Gasteiger partial charge in [0.15, 0.2) is 17.5 Å². The smallest absolute Gasteiger partial charge is 0.226 e. The molecule has 0 aliphatic rings. The van der Waals surface area contributed by atoms with Crippen molar-refractivity contribution in [2.75, 3.05) is 5.32 Å². The summed E-state index contributed by atoms with van der Waals surface area (Å²) >= 11 is 5.93. The molecule has 164 valence electrons. The number of anilines is 1. The van der Waals surface area contributed by atoms with Crippen LogP contribution in [0.25, 0.3) is 17.1 Å². The highest BCUT2D eigenvalue weighted by Crippen LogP contribution is 2.26. The third kappa shape index (κ3) is 5.06. The van der Waals surface area contributed by atoms with Gasteiger partial charge in [0.1, 0.15) is 5.82 Å². The molecule has 0 radical (unpaired) electrons. The van der Waals surface area contributed by atoms with Crippen molar-refractivity contribution in [3.05, 3.63) is 77.5 Å². The molecule has 0 atom stereocenters. The lowest BCUT2D eigenvalue weighted by molar-refractivity contribution is -0.116. The number of rotatable bonds is 6. The van der Waals surface area contributed by atoms with Gasteiger partial charge in [-0.1, -0.05) is 38.4 Å². The average Bonchev–Trinajstić information content (AvgIpc) is 3.41. The highest BCUT2D eigenvalue weighted by atomic mass is 35.5. The summed E-state index contributed by atoms with van der Waals surface area (Å²) in [5.41, 5.74) is 1.57. The van der Waals surface area contributed by atoms with Gasteiger partial charge in [0.25, 0.3) is 0 Å². The molecule has 0 fully saturated rings. The Balaban J connectivity index is 1.45. The molecule has 0 aliphatic heterocycles. The molecule has 0 aliphatic carbocycles. The minimum atomic E-state index is -0.171. The van der Waals surface area contributed by atoms with E-state index in [0.29, 0.717) is 34.7 Å². The third-order valence-electron chi connectivity index (χ3n) is 4.86. The van der Waals surface area contributed by atoms with E-state index in [2.05, 4.69) is 41.2 Å². The maximum atomic E-state index is 12.7. The average molecular weight is 450 g/mol. The van der Waals surface area contributed by atoms with Gasteiger partial charge >= 0.3 is 0 Å². The second kappa shape index (κ2) is 8.96. The third-order valence-corrected chi connectivity index (χ3v) is 5.11. The Labute approximate surface area is 191 Å². The molecule has 8 heteroatoms. The number of hydrogen-bond acceptors (Lipinski definition) is 5. The normalized spacial score (nSPS) is 11.5. The van der Waals surface area contributed by atoms with E-state index in [4.69, 9.17) is 16.0 Å². The van der Waals surface area contributed by atoms with Crippen LogP contribution in [0.2, 0.25) is 5.02 Å². The van der Waals surface area contributed by atoms with Crippen molar-refractivity contribution >= 4 is 23.3 Å². The lowest BCUT2D eigenvalue weighted by Crippen LogP contribution is -2.16. The molecule has 0 bridgehead atoms. The van der Waals surface area contributed by atoms with Crippen LogP contribution in [0.5, 0.6) is 0 Å². The standard InChI is InChI=1S/C24H24ClN5O2/c1-24(2,3)19-14-21(30(29-19)20-6-4-5-13-26-20)28-22(31)11-12-23-27-15-18(32-23)16-7-9-17(25)10-8-16/h4-10,13-15H,11-12H2,1-3H3,(H,28,31). The summed E-state index contributed by atoms with van der Waals surface area (Å²) < 4.78 is 7.45. The van der Waals surface area contributed by atoms with Crippen LogP contribution < -0.4 is 5.32 Å². The van der Waals surface area contributed by atoms with Gasteiger partial charge in [-0.05, 0) is 36.4 Å². The van der Waals surface area contributed by atoms with Crippen LogP contribution in [-0.2, 0) is 16.6 Å². The van der Waals surface area contributed by atoms with E-state index in [9.17, 15) is 4.79 Å². The zero-order valence-electron chi connectivity index (χ0n) is 18.2. The molecule has 1 N–H and O–H groups in total. The molecule has 0 unspecified atom stereocenters. The number of aromatic nitrogens is 4. The summed E-state index contributed by atoms with van der Waals surface area (Å²) in [6.07, 6.45) is 3.95. The quantitative estimate of drug-likeness (QED) is 0.423. The maximum absolute atomic E-state index is 12.7.